The molecule has 3 fully saturated rings. The number of piperazine rings is 1. The minimum atomic E-state index is -0.544. The summed E-state index contributed by atoms with van der Waals surface area (Å²) < 4.78 is 7.09. The number of likely N-dealkylation sites (N-methyl/N-ethyl adjacent to an activating group) is 1. The van der Waals surface area contributed by atoms with Gasteiger partial charge in [0.15, 0.2) is 5.78 Å². The number of carbonyl (C=O) groups excluding carboxylic acids is 3. The summed E-state index contributed by atoms with van der Waals surface area (Å²) in [5.74, 6) is 0.756. The van der Waals surface area contributed by atoms with Crippen LogP contribution in [0.3, 0.4) is 0 Å². The Bertz CT molecular complexity index is 1820. The molecule has 274 valence electrons. The number of Topliss-reactive ketones (excluding diaryl/α,β-unsaturated/α-hetero) is 1. The van der Waals surface area contributed by atoms with Crippen molar-refractivity contribution in [3.63, 3.8) is 0 Å². The van der Waals surface area contributed by atoms with E-state index in [1.165, 1.54) is 6.92 Å². The summed E-state index contributed by atoms with van der Waals surface area (Å²) in [6.45, 7) is 12.2. The van der Waals surface area contributed by atoms with Crippen molar-refractivity contribution < 1.29 is 19.1 Å². The normalized spacial score (nSPS) is 20.1. The largest absolute Gasteiger partial charge is 0.444 e. The van der Waals surface area contributed by atoms with Crippen molar-refractivity contribution in [2.45, 2.75) is 103 Å². The fourth-order valence-corrected chi connectivity index (χ4v) is 7.66. The van der Waals surface area contributed by atoms with Crippen molar-refractivity contribution in [3.8, 4) is 0 Å². The number of carbonyl (C=O) groups is 3. The molecule has 0 spiro atoms. The van der Waals surface area contributed by atoms with Gasteiger partial charge in [0, 0.05) is 62.9 Å². The number of aromatic nitrogens is 4. The second-order valence-corrected chi connectivity index (χ2v) is 15.2. The minimum absolute atomic E-state index is 0.00538. The Morgan fingerprint density at radius 3 is 2.37 bits per heavy atom. The summed E-state index contributed by atoms with van der Waals surface area (Å²) >= 11 is 0. The van der Waals surface area contributed by atoms with Gasteiger partial charge in [-0.15, -0.1) is 0 Å². The number of pyridine rings is 2. The Hall–Kier alpha value is -4.59. The van der Waals surface area contributed by atoms with Crippen molar-refractivity contribution in [1.29, 1.82) is 0 Å². The Kier molecular flexibility index (Phi) is 10.6. The zero-order chi connectivity index (χ0) is 36.4. The molecule has 2 saturated carbocycles. The molecule has 14 nitrogen and oxygen atoms in total. The third-order valence-corrected chi connectivity index (χ3v) is 10.4. The maximum Gasteiger partial charge on any atom is 0.407 e. The van der Waals surface area contributed by atoms with Crippen LogP contribution in [-0.4, -0.2) is 105 Å². The monoisotopic (exact) mass is 701 g/mol. The number of ether oxygens (including phenoxy) is 1. The predicted molar refractivity (Wildman–Crippen MR) is 196 cm³/mol. The molecule has 2 N–H and O–H groups in total. The molecule has 51 heavy (non-hydrogen) atoms. The number of ketones is 1. The first-order valence-corrected chi connectivity index (χ1v) is 18.2. The summed E-state index contributed by atoms with van der Waals surface area (Å²) in [6.07, 6.45) is 9.33. The fraction of sp³-hybridized carbons (Fsp3) is 0.595. The number of hydrogen-bond donors (Lipinski definition) is 2. The number of nitrogens with zero attached hydrogens (tertiary/aromatic N) is 7. The lowest BCUT2D eigenvalue weighted by Gasteiger charge is -2.36. The summed E-state index contributed by atoms with van der Waals surface area (Å²) in [4.78, 5) is 71.5. The van der Waals surface area contributed by atoms with E-state index >= 15 is 0 Å². The van der Waals surface area contributed by atoms with Crippen LogP contribution in [0, 0.1) is 6.92 Å². The van der Waals surface area contributed by atoms with E-state index in [9.17, 15) is 19.2 Å². The van der Waals surface area contributed by atoms with E-state index < -0.39 is 11.7 Å². The van der Waals surface area contributed by atoms with Crippen molar-refractivity contribution in [2.75, 3.05) is 50.0 Å². The van der Waals surface area contributed by atoms with Gasteiger partial charge in [-0.3, -0.25) is 23.9 Å². The molecule has 3 aliphatic rings. The van der Waals surface area contributed by atoms with Crippen LogP contribution in [0.5, 0.6) is 0 Å². The molecule has 0 aromatic carbocycles. The highest BCUT2D eigenvalue weighted by atomic mass is 16.6. The lowest BCUT2D eigenvalue weighted by molar-refractivity contribution is -0.133. The second-order valence-electron chi connectivity index (χ2n) is 15.2. The molecule has 6 rings (SSSR count). The number of fused-ring (bicyclic) bond motifs is 1. The van der Waals surface area contributed by atoms with Crippen LogP contribution in [0.1, 0.15) is 94.6 Å². The molecular weight excluding hydrogens is 650 g/mol. The van der Waals surface area contributed by atoms with Gasteiger partial charge < -0.3 is 25.2 Å². The molecule has 0 radical (unpaired) electrons. The van der Waals surface area contributed by atoms with Gasteiger partial charge in [-0.25, -0.2) is 14.8 Å². The number of anilines is 3. The molecule has 3 aromatic heterocycles. The van der Waals surface area contributed by atoms with E-state index in [1.54, 1.807) is 17.7 Å². The SMILES string of the molecule is CC(=O)c1c(C)c2cnc(Nc3ccc(N4CCN(CC(=O)N(C)C5CCC(NC(=O)OC(C)(C)C)C5)CC4)cn3)nc2n(C2CCCC2)c1=O. The van der Waals surface area contributed by atoms with Crippen molar-refractivity contribution >= 4 is 46.3 Å². The van der Waals surface area contributed by atoms with Crippen LogP contribution in [0.25, 0.3) is 11.0 Å². The number of nitrogens with one attached hydrogen (secondary N) is 2. The highest BCUT2D eigenvalue weighted by molar-refractivity contribution is 5.99. The standard InChI is InChI=1S/C37H51N9O5/c1-23-29-21-39-35(42-33(29)46(26-9-7-8-10-26)34(49)32(23)24(2)47)41-30-14-13-28(20-38-30)45-17-15-44(16-18-45)22-31(48)43(6)27-12-11-25(19-27)40-36(50)51-37(3,4)5/h13-14,20-21,25-27H,7-12,15-19,22H2,1-6H3,(H,40,50)(H,38,39,41,42). The highest BCUT2D eigenvalue weighted by Gasteiger charge is 2.33. The van der Waals surface area contributed by atoms with Crippen LogP contribution in [0.4, 0.5) is 22.2 Å². The lowest BCUT2D eigenvalue weighted by atomic mass is 10.0. The maximum atomic E-state index is 13.5. The molecular formula is C37H51N9O5. The van der Waals surface area contributed by atoms with E-state index in [0.717, 1.165) is 76.8 Å². The highest BCUT2D eigenvalue weighted by Crippen LogP contribution is 2.32. The molecule has 2 aliphatic carbocycles. The molecule has 2 unspecified atom stereocenters. The number of aryl methyl sites for hydroxylation is 1. The fourth-order valence-electron chi connectivity index (χ4n) is 7.66. The van der Waals surface area contributed by atoms with Crippen LogP contribution in [0.2, 0.25) is 0 Å². The Morgan fingerprint density at radius 1 is 1.00 bits per heavy atom. The first-order chi connectivity index (χ1) is 24.3. The quantitative estimate of drug-likeness (QED) is 0.301. The zero-order valence-electron chi connectivity index (χ0n) is 30.7. The Morgan fingerprint density at radius 2 is 1.73 bits per heavy atom. The molecule has 1 saturated heterocycles. The van der Waals surface area contributed by atoms with Gasteiger partial charge in [0.1, 0.15) is 17.1 Å². The zero-order valence-corrected chi connectivity index (χ0v) is 30.7. The van der Waals surface area contributed by atoms with E-state index in [4.69, 9.17) is 9.72 Å². The molecule has 14 heteroatoms. The first-order valence-electron chi connectivity index (χ1n) is 18.2. The number of amides is 2. The van der Waals surface area contributed by atoms with Crippen LogP contribution in [-0.2, 0) is 9.53 Å². The van der Waals surface area contributed by atoms with Crippen LogP contribution >= 0.6 is 0 Å². The van der Waals surface area contributed by atoms with E-state index in [0.29, 0.717) is 34.9 Å². The number of alkyl carbamates (subject to hydrolysis) is 1. The summed E-state index contributed by atoms with van der Waals surface area (Å²) in [6, 6.07) is 4.00. The van der Waals surface area contributed by atoms with E-state index in [1.807, 2.05) is 51.0 Å². The van der Waals surface area contributed by atoms with Crippen molar-refractivity contribution in [1.82, 2.24) is 34.6 Å². The molecule has 2 amide bonds. The van der Waals surface area contributed by atoms with Crippen molar-refractivity contribution in [3.05, 3.63) is 46.0 Å². The molecule has 0 bridgehead atoms. The van der Waals surface area contributed by atoms with Crippen LogP contribution < -0.4 is 21.1 Å². The maximum absolute atomic E-state index is 13.5. The third kappa shape index (κ3) is 8.32. The Balaban J connectivity index is 1.02. The van der Waals surface area contributed by atoms with E-state index in [2.05, 4.69) is 30.4 Å². The van der Waals surface area contributed by atoms with Crippen molar-refractivity contribution in [2.24, 2.45) is 0 Å². The van der Waals surface area contributed by atoms with Crippen LogP contribution in [0.15, 0.2) is 29.3 Å². The second kappa shape index (κ2) is 14.9. The van der Waals surface area contributed by atoms with Gasteiger partial charge in [0.2, 0.25) is 11.9 Å². The van der Waals surface area contributed by atoms with Gasteiger partial charge >= 0.3 is 6.09 Å². The van der Waals surface area contributed by atoms with Gasteiger partial charge in [0.25, 0.3) is 5.56 Å². The third-order valence-electron chi connectivity index (χ3n) is 10.4. The average molecular weight is 702 g/mol. The summed E-state index contributed by atoms with van der Waals surface area (Å²) in [5, 5.41) is 6.85. The average Bonchev–Trinajstić information content (AvgIpc) is 3.77. The predicted octanol–water partition coefficient (Wildman–Crippen LogP) is 4.58. The van der Waals surface area contributed by atoms with Gasteiger partial charge in [0.05, 0.1) is 24.0 Å². The van der Waals surface area contributed by atoms with Gasteiger partial charge in [-0.05, 0) is 84.4 Å². The lowest BCUT2D eigenvalue weighted by Crippen LogP contribution is -2.50. The smallest absolute Gasteiger partial charge is 0.407 e. The first kappa shape index (κ1) is 36.2. The summed E-state index contributed by atoms with van der Waals surface area (Å²) in [5.41, 5.74) is 1.52. The summed E-state index contributed by atoms with van der Waals surface area (Å²) in [7, 11) is 1.86. The number of hydrogen-bond acceptors (Lipinski definition) is 11. The van der Waals surface area contributed by atoms with Gasteiger partial charge in [-0.1, -0.05) is 12.8 Å². The minimum Gasteiger partial charge on any atom is -0.444 e. The molecule has 2 atom stereocenters. The van der Waals surface area contributed by atoms with E-state index in [-0.39, 0.29) is 40.9 Å². The molecule has 1 aliphatic heterocycles. The Labute approximate surface area is 299 Å². The van der Waals surface area contributed by atoms with Gasteiger partial charge in [-0.2, -0.15) is 4.98 Å². The molecule has 4 heterocycles. The molecule has 3 aromatic rings. The topological polar surface area (TPSA) is 155 Å². The number of rotatable bonds is 9.